The van der Waals surface area contributed by atoms with E-state index in [9.17, 15) is 9.18 Å². The number of anilines is 1. The van der Waals surface area contributed by atoms with Crippen molar-refractivity contribution in [2.24, 2.45) is 0 Å². The fourth-order valence-corrected chi connectivity index (χ4v) is 3.80. The Hall–Kier alpha value is -1.62. The van der Waals surface area contributed by atoms with Crippen LogP contribution in [0.2, 0.25) is 0 Å². The number of fused-ring (bicyclic) bond motifs is 1. The molecule has 3 N–H and O–H groups in total. The summed E-state index contributed by atoms with van der Waals surface area (Å²) >= 11 is 0. The second-order valence-electron chi connectivity index (χ2n) is 6.92. The van der Waals surface area contributed by atoms with E-state index >= 15 is 0 Å². The van der Waals surface area contributed by atoms with Gasteiger partial charge in [0.05, 0.1) is 0 Å². The summed E-state index contributed by atoms with van der Waals surface area (Å²) in [4.78, 5) is 11.1. The highest BCUT2D eigenvalue weighted by Gasteiger charge is 2.27. The van der Waals surface area contributed by atoms with Gasteiger partial charge in [0, 0.05) is 42.8 Å². The van der Waals surface area contributed by atoms with E-state index in [1.54, 1.807) is 13.0 Å². The van der Waals surface area contributed by atoms with E-state index < -0.39 is 0 Å². The molecule has 1 unspecified atom stereocenters. The van der Waals surface area contributed by atoms with Crippen LogP contribution in [-0.4, -0.2) is 30.6 Å². The minimum absolute atomic E-state index is 0.0618. The highest BCUT2D eigenvalue weighted by atomic mass is 19.1. The molecule has 1 fully saturated rings. The highest BCUT2D eigenvalue weighted by molar-refractivity contribution is 5.73. The van der Waals surface area contributed by atoms with Gasteiger partial charge in [-0.3, -0.25) is 4.79 Å². The van der Waals surface area contributed by atoms with Crippen LogP contribution in [0, 0.1) is 12.7 Å². The van der Waals surface area contributed by atoms with Crippen LogP contribution < -0.4 is 16.0 Å². The fourth-order valence-electron chi connectivity index (χ4n) is 3.80. The van der Waals surface area contributed by atoms with Crippen molar-refractivity contribution in [3.63, 3.8) is 0 Å². The van der Waals surface area contributed by atoms with Gasteiger partial charge in [-0.05, 0) is 50.7 Å². The number of halogens is 1. The zero-order valence-electron chi connectivity index (χ0n) is 13.9. The molecule has 1 aliphatic carbocycles. The molecule has 0 saturated heterocycles. The van der Waals surface area contributed by atoms with Gasteiger partial charge in [-0.15, -0.1) is 0 Å². The van der Waals surface area contributed by atoms with Crippen LogP contribution in [0.15, 0.2) is 12.1 Å². The van der Waals surface area contributed by atoms with Crippen molar-refractivity contribution >= 4 is 11.6 Å². The molecule has 0 aromatic heterocycles. The molecular weight excluding hydrogens is 293 g/mol. The molecule has 5 heteroatoms. The van der Waals surface area contributed by atoms with Crippen molar-refractivity contribution in [2.45, 2.75) is 64.1 Å². The van der Waals surface area contributed by atoms with Gasteiger partial charge >= 0.3 is 0 Å². The number of hydrogen-bond donors (Lipinski definition) is 3. The maximum atomic E-state index is 13.9. The van der Waals surface area contributed by atoms with Gasteiger partial charge in [0.1, 0.15) is 5.82 Å². The Morgan fingerprint density at radius 1 is 1.26 bits per heavy atom. The molecule has 3 rings (SSSR count). The van der Waals surface area contributed by atoms with Crippen LogP contribution in [0.25, 0.3) is 0 Å². The molecule has 0 spiro atoms. The Bertz CT molecular complexity index is 551. The van der Waals surface area contributed by atoms with E-state index in [0.29, 0.717) is 12.1 Å². The van der Waals surface area contributed by atoms with Crippen molar-refractivity contribution < 1.29 is 9.18 Å². The summed E-state index contributed by atoms with van der Waals surface area (Å²) in [5, 5.41) is 10.1. The first kappa shape index (κ1) is 16.2. The van der Waals surface area contributed by atoms with Gasteiger partial charge < -0.3 is 16.0 Å². The van der Waals surface area contributed by atoms with Crippen molar-refractivity contribution in [3.05, 3.63) is 29.1 Å². The van der Waals surface area contributed by atoms with Gasteiger partial charge in [0.2, 0.25) is 5.91 Å². The molecule has 1 saturated carbocycles. The Morgan fingerprint density at radius 2 is 1.96 bits per heavy atom. The van der Waals surface area contributed by atoms with E-state index in [-0.39, 0.29) is 17.8 Å². The summed E-state index contributed by atoms with van der Waals surface area (Å²) in [6, 6.07) is 4.48. The molecule has 0 radical (unpaired) electrons. The quantitative estimate of drug-likeness (QED) is 0.799. The molecule has 1 aromatic carbocycles. The van der Waals surface area contributed by atoms with Gasteiger partial charge in [0.15, 0.2) is 0 Å². The standard InChI is InChI=1S/C18H26FN3O/c1-11-3-8-17(19)16-9-15(22-18(11)16)10-20-13-4-6-14(7-5-13)21-12(2)23/h3,8,13-15,20,22H,4-7,9-10H2,1-2H3,(H,21,23). The normalized spacial score (nSPS) is 26.5. The fraction of sp³-hybridized carbons (Fsp3) is 0.611. The van der Waals surface area contributed by atoms with E-state index in [1.165, 1.54) is 0 Å². The van der Waals surface area contributed by atoms with Crippen molar-refractivity contribution in [1.82, 2.24) is 10.6 Å². The lowest BCUT2D eigenvalue weighted by Crippen LogP contribution is -2.44. The molecule has 1 aliphatic heterocycles. The molecule has 2 aliphatic rings. The van der Waals surface area contributed by atoms with Crippen LogP contribution in [0.1, 0.15) is 43.7 Å². The predicted octanol–water partition coefficient (Wildman–Crippen LogP) is 2.51. The first-order valence-corrected chi connectivity index (χ1v) is 8.58. The lowest BCUT2D eigenvalue weighted by molar-refractivity contribution is -0.119. The van der Waals surface area contributed by atoms with Crippen LogP contribution in [0.3, 0.4) is 0 Å². The minimum atomic E-state index is -0.101. The summed E-state index contributed by atoms with van der Waals surface area (Å²) in [7, 11) is 0. The predicted molar refractivity (Wildman–Crippen MR) is 90.1 cm³/mol. The Balaban J connectivity index is 1.45. The molecule has 1 heterocycles. The van der Waals surface area contributed by atoms with E-state index in [0.717, 1.165) is 55.5 Å². The van der Waals surface area contributed by atoms with Gasteiger partial charge in [-0.25, -0.2) is 4.39 Å². The average Bonchev–Trinajstić information content (AvgIpc) is 2.95. The van der Waals surface area contributed by atoms with Crippen molar-refractivity contribution in [2.75, 3.05) is 11.9 Å². The number of carbonyl (C=O) groups excluding carboxylic acids is 1. The Morgan fingerprint density at radius 3 is 2.61 bits per heavy atom. The van der Waals surface area contributed by atoms with Crippen LogP contribution in [-0.2, 0) is 11.2 Å². The second kappa shape index (κ2) is 6.87. The summed E-state index contributed by atoms with van der Waals surface area (Å²) < 4.78 is 13.9. The zero-order chi connectivity index (χ0) is 16.4. The number of nitrogens with one attached hydrogen (secondary N) is 3. The molecule has 0 bridgehead atoms. The molecule has 23 heavy (non-hydrogen) atoms. The van der Waals surface area contributed by atoms with Gasteiger partial charge in [-0.1, -0.05) is 6.07 Å². The minimum Gasteiger partial charge on any atom is -0.380 e. The number of aryl methyl sites for hydroxylation is 1. The monoisotopic (exact) mass is 319 g/mol. The van der Waals surface area contributed by atoms with Crippen molar-refractivity contribution in [3.8, 4) is 0 Å². The third-order valence-corrected chi connectivity index (χ3v) is 5.05. The molecule has 4 nitrogen and oxygen atoms in total. The van der Waals surface area contributed by atoms with Crippen LogP contribution >= 0.6 is 0 Å². The van der Waals surface area contributed by atoms with E-state index in [2.05, 4.69) is 16.0 Å². The summed E-state index contributed by atoms with van der Waals surface area (Å²) in [5.74, 6) is -0.0388. The molecule has 1 aromatic rings. The largest absolute Gasteiger partial charge is 0.380 e. The number of hydrogen-bond acceptors (Lipinski definition) is 3. The van der Waals surface area contributed by atoms with E-state index in [1.807, 2.05) is 13.0 Å². The maximum absolute atomic E-state index is 13.9. The number of rotatable bonds is 4. The average molecular weight is 319 g/mol. The third-order valence-electron chi connectivity index (χ3n) is 5.05. The second-order valence-corrected chi connectivity index (χ2v) is 6.92. The first-order chi connectivity index (χ1) is 11.0. The molecule has 1 amide bonds. The van der Waals surface area contributed by atoms with Crippen LogP contribution in [0.4, 0.5) is 10.1 Å². The van der Waals surface area contributed by atoms with Gasteiger partial charge in [0.25, 0.3) is 0 Å². The molecule has 1 atom stereocenters. The first-order valence-electron chi connectivity index (χ1n) is 8.58. The lowest BCUT2D eigenvalue weighted by Gasteiger charge is -2.30. The lowest BCUT2D eigenvalue weighted by atomic mass is 9.91. The molecule has 126 valence electrons. The highest BCUT2D eigenvalue weighted by Crippen LogP contribution is 2.31. The van der Waals surface area contributed by atoms with Crippen molar-refractivity contribution in [1.29, 1.82) is 0 Å². The smallest absolute Gasteiger partial charge is 0.217 e. The van der Waals surface area contributed by atoms with Gasteiger partial charge in [-0.2, -0.15) is 0 Å². The van der Waals surface area contributed by atoms with E-state index in [4.69, 9.17) is 0 Å². The van der Waals surface area contributed by atoms with Crippen LogP contribution in [0.5, 0.6) is 0 Å². The molecular formula is C18H26FN3O. The summed E-state index contributed by atoms with van der Waals surface area (Å²) in [5.41, 5.74) is 2.91. The third kappa shape index (κ3) is 3.83. The Labute approximate surface area is 137 Å². The number of amides is 1. The number of carbonyl (C=O) groups is 1. The topological polar surface area (TPSA) is 53.2 Å². The summed E-state index contributed by atoms with van der Waals surface area (Å²) in [6.07, 6.45) is 4.97. The Kier molecular flexibility index (Phi) is 4.85. The zero-order valence-corrected chi connectivity index (χ0v) is 13.9. The summed E-state index contributed by atoms with van der Waals surface area (Å²) in [6.45, 7) is 4.45. The SMILES string of the molecule is CC(=O)NC1CCC(NCC2Cc3c(F)ccc(C)c3N2)CC1. The number of benzene rings is 1. The maximum Gasteiger partial charge on any atom is 0.217 e.